The summed E-state index contributed by atoms with van der Waals surface area (Å²) in [5, 5.41) is 2.51. The molecule has 0 spiro atoms. The van der Waals surface area contributed by atoms with Gasteiger partial charge in [0.2, 0.25) is 5.91 Å². The Morgan fingerprint density at radius 2 is 2.25 bits per heavy atom. The molecule has 0 saturated heterocycles. The van der Waals surface area contributed by atoms with Crippen LogP contribution < -0.4 is 10.1 Å². The molecule has 0 atom stereocenters. The quantitative estimate of drug-likeness (QED) is 0.815. The van der Waals surface area contributed by atoms with Gasteiger partial charge in [0.25, 0.3) is 0 Å². The molecule has 0 aliphatic heterocycles. The van der Waals surface area contributed by atoms with E-state index in [4.69, 9.17) is 11.6 Å². The summed E-state index contributed by atoms with van der Waals surface area (Å²) in [6.07, 6.45) is 0.168. The van der Waals surface area contributed by atoms with Crippen LogP contribution in [0.25, 0.3) is 0 Å². The van der Waals surface area contributed by atoms with Crippen LogP contribution in [0.5, 0.6) is 5.75 Å². The number of halogens is 3. The van der Waals surface area contributed by atoms with Gasteiger partial charge in [-0.05, 0) is 12.1 Å². The summed E-state index contributed by atoms with van der Waals surface area (Å²) >= 11 is 5.38. The van der Waals surface area contributed by atoms with E-state index in [0.717, 1.165) is 0 Å². The van der Waals surface area contributed by atoms with E-state index in [1.165, 1.54) is 18.2 Å². The molecule has 0 aliphatic carbocycles. The summed E-state index contributed by atoms with van der Waals surface area (Å²) in [5.74, 6) is -0.0677. The van der Waals surface area contributed by atoms with E-state index in [1.54, 1.807) is 6.07 Å². The standard InChI is InChI=1S/C10H10ClF2NO2/c11-5-4-9(15)14-7-2-1-3-8(6-7)16-10(12)13/h1-3,6,10H,4-5H2,(H,14,15). The molecule has 0 fully saturated rings. The van der Waals surface area contributed by atoms with Crippen LogP contribution in [0.2, 0.25) is 0 Å². The van der Waals surface area contributed by atoms with Crippen LogP contribution in [0, 0.1) is 0 Å². The van der Waals surface area contributed by atoms with Crippen molar-refractivity contribution in [1.82, 2.24) is 0 Å². The van der Waals surface area contributed by atoms with E-state index in [1.807, 2.05) is 0 Å². The van der Waals surface area contributed by atoms with E-state index >= 15 is 0 Å². The van der Waals surface area contributed by atoms with E-state index in [2.05, 4.69) is 10.1 Å². The van der Waals surface area contributed by atoms with Crippen LogP contribution in [0.3, 0.4) is 0 Å². The summed E-state index contributed by atoms with van der Waals surface area (Å²) in [5.41, 5.74) is 0.397. The molecule has 0 unspecified atom stereocenters. The highest BCUT2D eigenvalue weighted by Crippen LogP contribution is 2.19. The van der Waals surface area contributed by atoms with Crippen molar-refractivity contribution in [3.05, 3.63) is 24.3 Å². The van der Waals surface area contributed by atoms with Gasteiger partial charge in [0.05, 0.1) is 0 Å². The minimum absolute atomic E-state index is 0.00123. The van der Waals surface area contributed by atoms with Crippen LogP contribution in [0.1, 0.15) is 6.42 Å². The lowest BCUT2D eigenvalue weighted by Gasteiger charge is -2.07. The van der Waals surface area contributed by atoms with E-state index in [9.17, 15) is 13.6 Å². The molecule has 0 heterocycles. The molecule has 6 heteroatoms. The number of rotatable bonds is 5. The molecular weight excluding hydrogens is 240 g/mol. The van der Waals surface area contributed by atoms with Crippen molar-refractivity contribution in [3.63, 3.8) is 0 Å². The van der Waals surface area contributed by atoms with Gasteiger partial charge in [-0.15, -0.1) is 11.6 Å². The van der Waals surface area contributed by atoms with Crippen molar-refractivity contribution in [1.29, 1.82) is 0 Å². The minimum Gasteiger partial charge on any atom is -0.435 e. The monoisotopic (exact) mass is 249 g/mol. The Bertz CT molecular complexity index is 360. The molecule has 1 aromatic rings. The molecule has 0 aromatic heterocycles. The molecule has 88 valence electrons. The molecule has 1 rings (SSSR count). The highest BCUT2D eigenvalue weighted by atomic mass is 35.5. The summed E-state index contributed by atoms with van der Waals surface area (Å²) in [6.45, 7) is -2.88. The Kier molecular flexibility index (Phi) is 4.98. The van der Waals surface area contributed by atoms with Crippen LogP contribution >= 0.6 is 11.6 Å². The molecule has 3 nitrogen and oxygen atoms in total. The predicted octanol–water partition coefficient (Wildman–Crippen LogP) is 2.86. The minimum atomic E-state index is -2.88. The summed E-state index contributed by atoms with van der Waals surface area (Å²) < 4.78 is 28.0. The number of carbonyl (C=O) groups is 1. The van der Waals surface area contributed by atoms with Crippen molar-refractivity contribution < 1.29 is 18.3 Å². The lowest BCUT2D eigenvalue weighted by molar-refractivity contribution is -0.115. The number of carbonyl (C=O) groups excluding carboxylic acids is 1. The lowest BCUT2D eigenvalue weighted by atomic mass is 10.3. The first-order chi connectivity index (χ1) is 7.61. The Hall–Kier alpha value is -1.36. The van der Waals surface area contributed by atoms with Gasteiger partial charge in [-0.2, -0.15) is 8.78 Å². The van der Waals surface area contributed by atoms with Crippen molar-refractivity contribution in [3.8, 4) is 5.75 Å². The van der Waals surface area contributed by atoms with E-state index < -0.39 is 6.61 Å². The van der Waals surface area contributed by atoms with E-state index in [0.29, 0.717) is 5.69 Å². The van der Waals surface area contributed by atoms with Crippen LogP contribution in [0.15, 0.2) is 24.3 Å². The maximum absolute atomic E-state index is 11.9. The van der Waals surface area contributed by atoms with Crippen LogP contribution in [-0.2, 0) is 4.79 Å². The molecule has 16 heavy (non-hydrogen) atoms. The van der Waals surface area contributed by atoms with Crippen LogP contribution in [0.4, 0.5) is 14.5 Å². The number of hydrogen-bond donors (Lipinski definition) is 1. The number of benzene rings is 1. The fourth-order valence-corrected chi connectivity index (χ4v) is 1.23. The second kappa shape index (κ2) is 6.27. The van der Waals surface area contributed by atoms with Gasteiger partial charge in [0, 0.05) is 24.1 Å². The van der Waals surface area contributed by atoms with Crippen molar-refractivity contribution in [2.24, 2.45) is 0 Å². The maximum atomic E-state index is 11.9. The topological polar surface area (TPSA) is 38.3 Å². The third-order valence-corrected chi connectivity index (χ3v) is 1.85. The normalized spacial score (nSPS) is 10.2. The fraction of sp³-hybridized carbons (Fsp3) is 0.300. The molecule has 1 amide bonds. The van der Waals surface area contributed by atoms with Crippen molar-refractivity contribution in [2.45, 2.75) is 13.0 Å². The second-order valence-electron chi connectivity index (χ2n) is 2.89. The van der Waals surface area contributed by atoms with Crippen LogP contribution in [-0.4, -0.2) is 18.4 Å². The highest BCUT2D eigenvalue weighted by Gasteiger charge is 2.06. The predicted molar refractivity (Wildman–Crippen MR) is 57.0 cm³/mol. The molecular formula is C10H10ClF2NO2. The van der Waals surface area contributed by atoms with Gasteiger partial charge in [0.15, 0.2) is 0 Å². The first-order valence-electron chi connectivity index (χ1n) is 4.52. The Balaban J connectivity index is 2.63. The highest BCUT2D eigenvalue weighted by molar-refractivity contribution is 6.19. The number of hydrogen-bond acceptors (Lipinski definition) is 2. The molecule has 0 radical (unpaired) electrons. The third kappa shape index (κ3) is 4.44. The van der Waals surface area contributed by atoms with Gasteiger partial charge >= 0.3 is 6.61 Å². The van der Waals surface area contributed by atoms with Gasteiger partial charge in [-0.25, -0.2) is 0 Å². The zero-order valence-corrected chi connectivity index (χ0v) is 9.01. The van der Waals surface area contributed by atoms with Gasteiger partial charge in [-0.1, -0.05) is 6.07 Å². The molecule has 1 aromatic carbocycles. The SMILES string of the molecule is O=C(CCCl)Nc1cccc(OC(F)F)c1. The summed E-state index contributed by atoms with van der Waals surface area (Å²) in [6, 6.07) is 5.78. The smallest absolute Gasteiger partial charge is 0.387 e. The number of nitrogens with one attached hydrogen (secondary N) is 1. The maximum Gasteiger partial charge on any atom is 0.387 e. The second-order valence-corrected chi connectivity index (χ2v) is 3.27. The van der Waals surface area contributed by atoms with Gasteiger partial charge in [0.1, 0.15) is 5.75 Å². The molecule has 0 bridgehead atoms. The van der Waals surface area contributed by atoms with E-state index in [-0.39, 0.29) is 24.0 Å². The zero-order valence-electron chi connectivity index (χ0n) is 8.25. The molecule has 0 aliphatic rings. The van der Waals surface area contributed by atoms with Gasteiger partial charge < -0.3 is 10.1 Å². The van der Waals surface area contributed by atoms with Gasteiger partial charge in [-0.3, -0.25) is 4.79 Å². The molecule has 0 saturated carbocycles. The number of ether oxygens (including phenoxy) is 1. The largest absolute Gasteiger partial charge is 0.435 e. The van der Waals surface area contributed by atoms with Crippen molar-refractivity contribution >= 4 is 23.2 Å². The fourth-order valence-electron chi connectivity index (χ4n) is 1.06. The summed E-state index contributed by atoms with van der Waals surface area (Å²) in [4.78, 5) is 11.2. The number of alkyl halides is 3. The molecule has 1 N–H and O–H groups in total. The Morgan fingerprint density at radius 3 is 2.88 bits per heavy atom. The first-order valence-corrected chi connectivity index (χ1v) is 5.06. The third-order valence-electron chi connectivity index (χ3n) is 1.66. The zero-order chi connectivity index (χ0) is 12.0. The first kappa shape index (κ1) is 12.7. The number of anilines is 1. The number of amides is 1. The van der Waals surface area contributed by atoms with Crippen molar-refractivity contribution in [2.75, 3.05) is 11.2 Å². The lowest BCUT2D eigenvalue weighted by Crippen LogP contribution is -2.11. The Labute approximate surface area is 96.4 Å². The average Bonchev–Trinajstić information content (AvgIpc) is 2.17. The average molecular weight is 250 g/mol. The summed E-state index contributed by atoms with van der Waals surface area (Å²) in [7, 11) is 0. The Morgan fingerprint density at radius 1 is 1.50 bits per heavy atom.